The fourth-order valence-corrected chi connectivity index (χ4v) is 2.96. The molecule has 1 aliphatic heterocycles. The fraction of sp³-hybridized carbons (Fsp3) is 0.312. The molecule has 2 aromatic rings. The molecular formula is C16H17N5O4. The number of carbonyl (C=O) groups excluding carboxylic acids is 2. The number of rotatable bonds is 4. The number of aromatic nitrogens is 2. The number of nitrogens with one attached hydrogen (secondary N) is 1. The van der Waals surface area contributed by atoms with E-state index in [9.17, 15) is 19.7 Å². The average molecular weight is 343 g/mol. The second-order valence-corrected chi connectivity index (χ2v) is 5.93. The first-order chi connectivity index (χ1) is 12.0. The lowest BCUT2D eigenvalue weighted by molar-refractivity contribution is -0.384. The van der Waals surface area contributed by atoms with Crippen LogP contribution in [0, 0.1) is 16.0 Å². The lowest BCUT2D eigenvalue weighted by Gasteiger charge is -2.30. The van der Waals surface area contributed by atoms with Gasteiger partial charge in [0.1, 0.15) is 0 Å². The van der Waals surface area contributed by atoms with E-state index in [4.69, 9.17) is 5.73 Å². The Morgan fingerprint density at radius 1 is 1.24 bits per heavy atom. The van der Waals surface area contributed by atoms with Crippen LogP contribution in [0.25, 0.3) is 11.3 Å². The maximum absolute atomic E-state index is 12.7. The Balaban J connectivity index is 1.78. The minimum atomic E-state index is -0.480. The van der Waals surface area contributed by atoms with Gasteiger partial charge in [0.25, 0.3) is 11.6 Å². The van der Waals surface area contributed by atoms with Crippen molar-refractivity contribution in [3.8, 4) is 11.3 Å². The fourth-order valence-electron chi connectivity index (χ4n) is 2.96. The molecule has 1 aromatic carbocycles. The number of hydrogen-bond donors (Lipinski definition) is 2. The van der Waals surface area contributed by atoms with E-state index in [1.165, 1.54) is 18.3 Å². The van der Waals surface area contributed by atoms with E-state index in [0.717, 1.165) is 0 Å². The van der Waals surface area contributed by atoms with Crippen LogP contribution in [0.1, 0.15) is 23.2 Å². The quantitative estimate of drug-likeness (QED) is 0.637. The van der Waals surface area contributed by atoms with Gasteiger partial charge >= 0.3 is 0 Å². The molecule has 1 fully saturated rings. The molecule has 130 valence electrons. The summed E-state index contributed by atoms with van der Waals surface area (Å²) in [5.74, 6) is -0.713. The van der Waals surface area contributed by atoms with Gasteiger partial charge in [-0.2, -0.15) is 5.10 Å². The van der Waals surface area contributed by atoms with Gasteiger partial charge in [0, 0.05) is 36.7 Å². The number of primary amides is 1. The van der Waals surface area contributed by atoms with Gasteiger partial charge in [-0.15, -0.1) is 0 Å². The molecule has 0 unspecified atom stereocenters. The minimum Gasteiger partial charge on any atom is -0.369 e. The number of piperidine rings is 1. The van der Waals surface area contributed by atoms with Crippen molar-refractivity contribution in [2.24, 2.45) is 11.7 Å². The Labute approximate surface area is 143 Å². The lowest BCUT2D eigenvalue weighted by atomic mass is 9.95. The van der Waals surface area contributed by atoms with Crippen molar-refractivity contribution < 1.29 is 14.5 Å². The number of non-ortho nitro benzene ring substituents is 1. The zero-order valence-corrected chi connectivity index (χ0v) is 13.3. The first-order valence-electron chi connectivity index (χ1n) is 7.84. The van der Waals surface area contributed by atoms with Crippen LogP contribution < -0.4 is 5.73 Å². The molecule has 2 heterocycles. The third-order valence-corrected chi connectivity index (χ3v) is 4.42. The lowest BCUT2D eigenvalue weighted by Crippen LogP contribution is -2.41. The van der Waals surface area contributed by atoms with Crippen molar-refractivity contribution in [1.29, 1.82) is 0 Å². The number of nitrogens with two attached hydrogens (primary N) is 1. The topological polar surface area (TPSA) is 135 Å². The monoisotopic (exact) mass is 343 g/mol. The van der Waals surface area contributed by atoms with Crippen molar-refractivity contribution in [3.63, 3.8) is 0 Å². The molecule has 0 saturated carbocycles. The summed E-state index contributed by atoms with van der Waals surface area (Å²) >= 11 is 0. The predicted octanol–water partition coefficient (Wildman–Crippen LogP) is 1.32. The highest BCUT2D eigenvalue weighted by atomic mass is 16.6. The maximum Gasteiger partial charge on any atom is 0.269 e. The maximum atomic E-state index is 12.7. The van der Waals surface area contributed by atoms with Crippen molar-refractivity contribution in [2.75, 3.05) is 13.1 Å². The highest BCUT2D eigenvalue weighted by Crippen LogP contribution is 2.26. The van der Waals surface area contributed by atoms with Crippen molar-refractivity contribution in [3.05, 3.63) is 46.1 Å². The van der Waals surface area contributed by atoms with E-state index in [0.29, 0.717) is 42.8 Å². The molecule has 0 bridgehead atoms. The summed E-state index contributed by atoms with van der Waals surface area (Å²) in [4.78, 5) is 35.9. The number of nitrogens with zero attached hydrogens (tertiary/aromatic N) is 3. The summed E-state index contributed by atoms with van der Waals surface area (Å²) in [7, 11) is 0. The van der Waals surface area contributed by atoms with Crippen LogP contribution in [0.15, 0.2) is 30.5 Å². The number of amides is 2. The van der Waals surface area contributed by atoms with Gasteiger partial charge in [0.2, 0.25) is 5.91 Å². The Hall–Kier alpha value is -3.23. The van der Waals surface area contributed by atoms with Crippen LogP contribution in [-0.4, -0.2) is 44.9 Å². The van der Waals surface area contributed by atoms with Gasteiger partial charge in [-0.3, -0.25) is 24.8 Å². The molecule has 0 radical (unpaired) electrons. The van der Waals surface area contributed by atoms with Gasteiger partial charge < -0.3 is 10.6 Å². The van der Waals surface area contributed by atoms with Gasteiger partial charge in [0.15, 0.2) is 0 Å². The molecule has 9 nitrogen and oxygen atoms in total. The molecule has 0 aliphatic carbocycles. The first-order valence-corrected chi connectivity index (χ1v) is 7.84. The van der Waals surface area contributed by atoms with E-state index in [1.54, 1.807) is 17.0 Å². The molecule has 9 heteroatoms. The molecule has 3 rings (SSSR count). The Kier molecular flexibility index (Phi) is 4.46. The summed E-state index contributed by atoms with van der Waals surface area (Å²) < 4.78 is 0. The van der Waals surface area contributed by atoms with Crippen LogP contribution in [0.5, 0.6) is 0 Å². The van der Waals surface area contributed by atoms with Crippen LogP contribution in [0.3, 0.4) is 0 Å². The van der Waals surface area contributed by atoms with Crippen LogP contribution >= 0.6 is 0 Å². The molecule has 0 atom stereocenters. The molecule has 0 spiro atoms. The number of nitro benzene ring substituents is 1. The van der Waals surface area contributed by atoms with E-state index in [2.05, 4.69) is 10.2 Å². The zero-order valence-electron chi connectivity index (χ0n) is 13.3. The summed E-state index contributed by atoms with van der Waals surface area (Å²) in [6.45, 7) is 0.911. The number of hydrogen-bond acceptors (Lipinski definition) is 5. The molecule has 2 amide bonds. The molecule has 1 aliphatic rings. The van der Waals surface area contributed by atoms with Crippen LogP contribution in [0.4, 0.5) is 5.69 Å². The highest BCUT2D eigenvalue weighted by molar-refractivity contribution is 5.99. The largest absolute Gasteiger partial charge is 0.369 e. The normalized spacial score (nSPS) is 15.1. The van der Waals surface area contributed by atoms with Crippen LogP contribution in [0.2, 0.25) is 0 Å². The molecular weight excluding hydrogens is 326 g/mol. The summed E-state index contributed by atoms with van der Waals surface area (Å²) in [5, 5.41) is 17.5. The van der Waals surface area contributed by atoms with E-state index in [-0.39, 0.29) is 23.4 Å². The molecule has 1 aromatic heterocycles. The van der Waals surface area contributed by atoms with Crippen LogP contribution in [-0.2, 0) is 4.79 Å². The van der Waals surface area contributed by atoms with E-state index < -0.39 is 4.92 Å². The number of benzene rings is 1. The van der Waals surface area contributed by atoms with Gasteiger partial charge in [-0.05, 0) is 25.0 Å². The Bertz CT molecular complexity index is 806. The van der Waals surface area contributed by atoms with Gasteiger partial charge in [-0.1, -0.05) is 0 Å². The SMILES string of the molecule is NC(=O)C1CCN(C(=O)c2cn[nH]c2-c2ccc([N+](=O)[O-])cc2)CC1. The van der Waals surface area contributed by atoms with Crippen molar-refractivity contribution in [2.45, 2.75) is 12.8 Å². The average Bonchev–Trinajstić information content (AvgIpc) is 3.11. The third-order valence-electron chi connectivity index (χ3n) is 4.42. The Morgan fingerprint density at radius 2 is 1.88 bits per heavy atom. The molecule has 1 saturated heterocycles. The number of likely N-dealkylation sites (tertiary alicyclic amines) is 1. The third kappa shape index (κ3) is 3.35. The number of H-pyrrole nitrogens is 1. The number of nitro groups is 1. The second-order valence-electron chi connectivity index (χ2n) is 5.93. The minimum absolute atomic E-state index is 0.0235. The summed E-state index contributed by atoms with van der Waals surface area (Å²) in [6, 6.07) is 5.90. The van der Waals surface area contributed by atoms with Crippen molar-refractivity contribution >= 4 is 17.5 Å². The highest BCUT2D eigenvalue weighted by Gasteiger charge is 2.28. The number of carbonyl (C=O) groups is 2. The van der Waals surface area contributed by atoms with E-state index >= 15 is 0 Å². The second kappa shape index (κ2) is 6.71. The van der Waals surface area contributed by atoms with E-state index in [1.807, 2.05) is 0 Å². The predicted molar refractivity (Wildman–Crippen MR) is 88.5 cm³/mol. The standard InChI is InChI=1S/C16H17N5O4/c17-15(22)11-5-7-20(8-6-11)16(23)13-9-18-19-14(13)10-1-3-12(4-2-10)21(24)25/h1-4,9,11H,5-8H2,(H2,17,22)(H,18,19). The summed E-state index contributed by atoms with van der Waals surface area (Å²) in [5.41, 5.74) is 6.83. The molecule has 25 heavy (non-hydrogen) atoms. The number of aromatic amines is 1. The summed E-state index contributed by atoms with van der Waals surface area (Å²) in [6.07, 6.45) is 2.54. The smallest absolute Gasteiger partial charge is 0.269 e. The van der Waals surface area contributed by atoms with Crippen molar-refractivity contribution in [1.82, 2.24) is 15.1 Å². The zero-order chi connectivity index (χ0) is 18.0. The Morgan fingerprint density at radius 3 is 2.44 bits per heavy atom. The molecule has 3 N–H and O–H groups in total. The first kappa shape index (κ1) is 16.6. The van der Waals surface area contributed by atoms with Gasteiger partial charge in [0.05, 0.1) is 22.4 Å². The van der Waals surface area contributed by atoms with Gasteiger partial charge in [-0.25, -0.2) is 0 Å².